The summed E-state index contributed by atoms with van der Waals surface area (Å²) in [6.45, 7) is 8.64. The van der Waals surface area contributed by atoms with Crippen LogP contribution in [0.2, 0.25) is 0 Å². The molecule has 3 fully saturated rings. The third kappa shape index (κ3) is 8.27. The van der Waals surface area contributed by atoms with Gasteiger partial charge in [0.2, 0.25) is 21.8 Å². The molecule has 5 aliphatic rings. The Morgan fingerprint density at radius 3 is 2.57 bits per heavy atom. The van der Waals surface area contributed by atoms with Crippen LogP contribution in [0.5, 0.6) is 0 Å². The molecule has 3 N–H and O–H groups in total. The van der Waals surface area contributed by atoms with Gasteiger partial charge in [-0.25, -0.2) is 22.4 Å². The van der Waals surface area contributed by atoms with Crippen LogP contribution in [0.15, 0.2) is 43.0 Å². The lowest BCUT2D eigenvalue weighted by Crippen LogP contribution is -2.58. The lowest BCUT2D eigenvalue weighted by Gasteiger charge is -2.30. The van der Waals surface area contributed by atoms with Crippen LogP contribution in [0, 0.1) is 11.7 Å². The number of hydrogen-bond donors (Lipinski definition) is 3. The highest BCUT2D eigenvalue weighted by Gasteiger charge is 2.63. The zero-order chi connectivity index (χ0) is 39.1. The molecule has 1 aromatic carbocycles. The molecule has 2 saturated carbocycles. The Labute approximate surface area is 315 Å². The number of alkyl carbamates (subject to hydrolysis) is 1. The third-order valence-electron chi connectivity index (χ3n) is 10.9. The molecule has 14 nitrogen and oxygen atoms in total. The molecule has 1 aromatic rings. The molecule has 16 heteroatoms. The number of amides is 5. The first kappa shape index (κ1) is 39.2. The number of rotatable bonds is 7. The smallest absolute Gasteiger partial charge is 0.410 e. The van der Waals surface area contributed by atoms with Gasteiger partial charge in [0.15, 0.2) is 0 Å². The molecule has 0 unspecified atom stereocenters. The molecule has 3 heterocycles. The molecule has 0 spiro atoms. The Bertz CT molecular complexity index is 1840. The van der Waals surface area contributed by atoms with Gasteiger partial charge in [-0.15, -0.1) is 6.58 Å². The number of carbonyl (C=O) groups is 5. The van der Waals surface area contributed by atoms with E-state index in [1.165, 1.54) is 21.9 Å². The Morgan fingerprint density at radius 2 is 1.89 bits per heavy atom. The van der Waals surface area contributed by atoms with Crippen LogP contribution in [0.3, 0.4) is 0 Å². The molecule has 1 saturated heterocycles. The highest BCUT2D eigenvalue weighted by atomic mass is 32.2. The average Bonchev–Trinajstić information content (AvgIpc) is 3.91. The van der Waals surface area contributed by atoms with E-state index in [1.807, 2.05) is 12.2 Å². The normalized spacial score (nSPS) is 27.9. The van der Waals surface area contributed by atoms with E-state index in [-0.39, 0.29) is 45.3 Å². The van der Waals surface area contributed by atoms with E-state index in [2.05, 4.69) is 21.9 Å². The second-order valence-electron chi connectivity index (χ2n) is 16.1. The van der Waals surface area contributed by atoms with Crippen LogP contribution in [-0.4, -0.2) is 88.7 Å². The van der Waals surface area contributed by atoms with Crippen LogP contribution in [0.1, 0.15) is 96.1 Å². The summed E-state index contributed by atoms with van der Waals surface area (Å²) in [5, 5.41) is 5.48. The molecule has 0 bridgehead atoms. The number of allylic oxidation sites excluding steroid dienone is 2. The number of hydrogen-bond acceptors (Lipinski definition) is 9. The van der Waals surface area contributed by atoms with Crippen molar-refractivity contribution in [3.05, 3.63) is 60.0 Å². The predicted octanol–water partition coefficient (Wildman–Crippen LogP) is 4.09. The minimum Gasteiger partial charge on any atom is -0.444 e. The van der Waals surface area contributed by atoms with Gasteiger partial charge in [0.05, 0.1) is 17.8 Å². The fourth-order valence-electron chi connectivity index (χ4n) is 7.65. The molecule has 6 rings (SSSR count). The second kappa shape index (κ2) is 15.0. The Morgan fingerprint density at radius 1 is 1.13 bits per heavy atom. The standard InChI is InChI=1S/C38H50FN5O9S/c1-5-16-37(17-18-37)54(50,51)42-33(47)38-20-25(38)13-9-7-6-8-10-15-29(40-34(48)53-36(2,3)4)32(46)44-22-26(19-30(44)31(45)41-38)52-35(49)43-21-24-12-11-14-28(39)27(24)23-43/h5,9,11-14,25-26,29-30H,1,6-8,10,15-23H2,2-4H3,(H,40,48)(H,41,45)(H,42,47)/t25-,26-,29+,30+,38-/m1/s1. The number of nitrogens with zero attached hydrogens (tertiary/aromatic N) is 2. The van der Waals surface area contributed by atoms with Crippen molar-refractivity contribution in [2.75, 3.05) is 6.54 Å². The fraction of sp³-hybridized carbons (Fsp3) is 0.605. The van der Waals surface area contributed by atoms with Gasteiger partial charge in [0.25, 0.3) is 5.91 Å². The first-order chi connectivity index (χ1) is 25.5. The van der Waals surface area contributed by atoms with Gasteiger partial charge in [-0.3, -0.25) is 24.0 Å². The molecule has 5 amide bonds. The minimum absolute atomic E-state index is 0.00840. The Kier molecular flexibility index (Phi) is 10.9. The van der Waals surface area contributed by atoms with Crippen molar-refractivity contribution in [1.29, 1.82) is 0 Å². The number of nitrogens with one attached hydrogen (secondary N) is 3. The zero-order valence-electron chi connectivity index (χ0n) is 31.0. The SMILES string of the molecule is C=CCC1(S(=O)(=O)NC(=O)[C@@]23C[C@H]2C=CCCCCC[C@H](NC(=O)OC(C)(C)C)C(=O)N2C[C@H](OC(=O)N4Cc5cccc(F)c5C4)C[C@H]2C(=O)N3)CC1. The lowest BCUT2D eigenvalue weighted by atomic mass is 10.0. The third-order valence-corrected chi connectivity index (χ3v) is 13.1. The van der Waals surface area contributed by atoms with Gasteiger partial charge in [-0.1, -0.05) is 43.2 Å². The molecular weight excluding hydrogens is 722 g/mol. The summed E-state index contributed by atoms with van der Waals surface area (Å²) in [6, 6.07) is 2.26. The monoisotopic (exact) mass is 771 g/mol. The molecule has 0 aromatic heterocycles. The lowest BCUT2D eigenvalue weighted by molar-refractivity contribution is -0.141. The van der Waals surface area contributed by atoms with Crippen LogP contribution in [0.25, 0.3) is 0 Å². The number of halogens is 1. The zero-order valence-corrected chi connectivity index (χ0v) is 31.8. The van der Waals surface area contributed by atoms with Gasteiger partial charge in [-0.2, -0.15) is 0 Å². The van der Waals surface area contributed by atoms with Crippen molar-refractivity contribution in [3.63, 3.8) is 0 Å². The largest absolute Gasteiger partial charge is 0.444 e. The van der Waals surface area contributed by atoms with Crippen molar-refractivity contribution >= 4 is 39.9 Å². The van der Waals surface area contributed by atoms with E-state index >= 15 is 0 Å². The summed E-state index contributed by atoms with van der Waals surface area (Å²) >= 11 is 0. The molecule has 0 radical (unpaired) electrons. The number of sulfonamides is 1. The number of benzene rings is 1. The van der Waals surface area contributed by atoms with E-state index in [0.717, 1.165) is 6.42 Å². The first-order valence-electron chi connectivity index (χ1n) is 18.7. The van der Waals surface area contributed by atoms with Crippen molar-refractivity contribution in [2.24, 2.45) is 5.92 Å². The van der Waals surface area contributed by atoms with Gasteiger partial charge in [0, 0.05) is 24.4 Å². The Balaban J connectivity index is 1.26. The minimum atomic E-state index is -4.11. The summed E-state index contributed by atoms with van der Waals surface area (Å²) in [7, 11) is -4.11. The summed E-state index contributed by atoms with van der Waals surface area (Å²) in [4.78, 5) is 71.5. The number of fused-ring (bicyclic) bond motifs is 3. The fourth-order valence-corrected chi connectivity index (χ4v) is 9.27. The van der Waals surface area contributed by atoms with Crippen LogP contribution in [0.4, 0.5) is 14.0 Å². The molecule has 294 valence electrons. The summed E-state index contributed by atoms with van der Waals surface area (Å²) in [5.41, 5.74) is -1.42. The van der Waals surface area contributed by atoms with Gasteiger partial charge in [-0.05, 0) is 77.3 Å². The predicted molar refractivity (Wildman–Crippen MR) is 194 cm³/mol. The van der Waals surface area contributed by atoms with Gasteiger partial charge >= 0.3 is 12.2 Å². The molecule has 54 heavy (non-hydrogen) atoms. The number of ether oxygens (including phenoxy) is 2. The second-order valence-corrected chi connectivity index (χ2v) is 18.2. The summed E-state index contributed by atoms with van der Waals surface area (Å²) in [6.07, 6.45) is 6.52. The summed E-state index contributed by atoms with van der Waals surface area (Å²) in [5.74, 6) is -3.15. The Hall–Kier alpha value is -4.47. The van der Waals surface area contributed by atoms with Gasteiger partial charge < -0.3 is 25.0 Å². The highest BCUT2D eigenvalue weighted by molar-refractivity contribution is 7.91. The molecule has 3 aliphatic heterocycles. The maximum Gasteiger partial charge on any atom is 0.410 e. The summed E-state index contributed by atoms with van der Waals surface area (Å²) < 4.78 is 53.6. The van der Waals surface area contributed by atoms with Crippen molar-refractivity contribution in [1.82, 2.24) is 25.2 Å². The van der Waals surface area contributed by atoms with Gasteiger partial charge in [0.1, 0.15) is 35.1 Å². The first-order valence-corrected chi connectivity index (χ1v) is 20.1. The van der Waals surface area contributed by atoms with Crippen molar-refractivity contribution in [3.8, 4) is 0 Å². The van der Waals surface area contributed by atoms with Crippen LogP contribution < -0.4 is 15.4 Å². The van der Waals surface area contributed by atoms with E-state index in [9.17, 15) is 36.8 Å². The quantitative estimate of drug-likeness (QED) is 0.344. The van der Waals surface area contributed by atoms with Crippen molar-refractivity contribution < 1.29 is 46.3 Å². The van der Waals surface area contributed by atoms with E-state index in [0.29, 0.717) is 43.2 Å². The van der Waals surface area contributed by atoms with Crippen molar-refractivity contribution in [2.45, 2.75) is 132 Å². The van der Waals surface area contributed by atoms with Crippen LogP contribution >= 0.6 is 0 Å². The maximum absolute atomic E-state index is 14.4. The molecule has 2 aliphatic carbocycles. The van der Waals surface area contributed by atoms with E-state index < -0.39 is 85.7 Å². The van der Waals surface area contributed by atoms with E-state index in [4.69, 9.17) is 9.47 Å². The average molecular weight is 772 g/mol. The van der Waals surface area contributed by atoms with Crippen LogP contribution in [-0.2, 0) is 47.0 Å². The molecular formula is C38H50FN5O9S. The molecule has 5 atom stereocenters. The maximum atomic E-state index is 14.4. The topological polar surface area (TPSA) is 181 Å². The number of carbonyl (C=O) groups excluding carboxylic acids is 5. The van der Waals surface area contributed by atoms with E-state index in [1.54, 1.807) is 32.9 Å². The highest BCUT2D eigenvalue weighted by Crippen LogP contribution is 2.49.